The van der Waals surface area contributed by atoms with Crippen LogP contribution < -0.4 is 10.6 Å². The number of anilines is 1. The minimum absolute atomic E-state index is 0.00633. The molecule has 0 saturated heterocycles. The summed E-state index contributed by atoms with van der Waals surface area (Å²) in [5.41, 5.74) is 1.11. The first-order chi connectivity index (χ1) is 10.6. The van der Waals surface area contributed by atoms with E-state index in [0.717, 1.165) is 6.54 Å². The number of fused-ring (bicyclic) bond motifs is 1. The molecule has 3 rings (SSSR count). The number of amides is 1. The van der Waals surface area contributed by atoms with Crippen molar-refractivity contribution in [3.05, 3.63) is 40.6 Å². The van der Waals surface area contributed by atoms with Crippen LogP contribution in [0.25, 0.3) is 10.9 Å². The van der Waals surface area contributed by atoms with Gasteiger partial charge in [-0.15, -0.1) is 0 Å². The van der Waals surface area contributed by atoms with Crippen molar-refractivity contribution in [3.8, 4) is 0 Å². The number of aromatic nitrogens is 1. The van der Waals surface area contributed by atoms with Crippen LogP contribution in [0.4, 0.5) is 11.4 Å². The Balaban J connectivity index is 1.74. The zero-order valence-electron chi connectivity index (χ0n) is 11.9. The maximum absolute atomic E-state index is 11.8. The number of benzene rings is 1. The predicted octanol–water partition coefficient (Wildman–Crippen LogP) is 2.08. The topological polar surface area (TPSA) is 97.2 Å². The summed E-state index contributed by atoms with van der Waals surface area (Å²) in [5, 5.41) is 17.4. The van der Waals surface area contributed by atoms with E-state index in [2.05, 4.69) is 15.6 Å². The monoisotopic (exact) mass is 300 g/mol. The smallest absolute Gasteiger partial charge is 0.278 e. The van der Waals surface area contributed by atoms with Crippen LogP contribution in [-0.2, 0) is 4.79 Å². The second-order valence-electron chi connectivity index (χ2n) is 5.39. The Hall–Kier alpha value is -2.70. The van der Waals surface area contributed by atoms with Gasteiger partial charge in [0.25, 0.3) is 5.69 Å². The molecule has 1 aliphatic rings. The fourth-order valence-corrected chi connectivity index (χ4v) is 2.28. The molecule has 0 radical (unpaired) electrons. The van der Waals surface area contributed by atoms with Crippen LogP contribution in [0.1, 0.15) is 12.8 Å². The van der Waals surface area contributed by atoms with Gasteiger partial charge < -0.3 is 10.6 Å². The van der Waals surface area contributed by atoms with E-state index in [1.165, 1.54) is 18.9 Å². The molecule has 7 heteroatoms. The van der Waals surface area contributed by atoms with E-state index in [9.17, 15) is 14.9 Å². The van der Waals surface area contributed by atoms with Crippen LogP contribution in [0.2, 0.25) is 0 Å². The molecule has 7 nitrogen and oxygen atoms in total. The SMILES string of the molecule is O=C(CNc1ccc([N+](=O)[O-])c2cccnc12)NCC1CC1. The van der Waals surface area contributed by atoms with Crippen LogP contribution >= 0.6 is 0 Å². The number of hydrogen-bond donors (Lipinski definition) is 2. The lowest BCUT2D eigenvalue weighted by Gasteiger charge is -2.09. The van der Waals surface area contributed by atoms with Crippen LogP contribution in [0, 0.1) is 16.0 Å². The van der Waals surface area contributed by atoms with Gasteiger partial charge in [0.2, 0.25) is 5.91 Å². The molecule has 0 bridgehead atoms. The lowest BCUT2D eigenvalue weighted by Crippen LogP contribution is -2.31. The molecule has 1 amide bonds. The van der Waals surface area contributed by atoms with Crippen molar-refractivity contribution in [2.45, 2.75) is 12.8 Å². The molecule has 2 N–H and O–H groups in total. The van der Waals surface area contributed by atoms with E-state index in [1.54, 1.807) is 24.4 Å². The summed E-state index contributed by atoms with van der Waals surface area (Å²) in [4.78, 5) is 26.6. The Labute approximate surface area is 126 Å². The van der Waals surface area contributed by atoms with Gasteiger partial charge in [-0.2, -0.15) is 0 Å². The highest BCUT2D eigenvalue weighted by Gasteiger charge is 2.21. The maximum atomic E-state index is 11.8. The molecule has 0 atom stereocenters. The Kier molecular flexibility index (Phi) is 3.86. The molecule has 1 aromatic carbocycles. The molecule has 2 aromatic rings. The highest BCUT2D eigenvalue weighted by atomic mass is 16.6. The Morgan fingerprint density at radius 2 is 2.18 bits per heavy atom. The zero-order chi connectivity index (χ0) is 15.5. The van der Waals surface area contributed by atoms with E-state index < -0.39 is 4.92 Å². The third kappa shape index (κ3) is 3.13. The van der Waals surface area contributed by atoms with Gasteiger partial charge in [-0.3, -0.25) is 19.9 Å². The fourth-order valence-electron chi connectivity index (χ4n) is 2.28. The molecule has 114 valence electrons. The van der Waals surface area contributed by atoms with Crippen molar-refractivity contribution in [1.29, 1.82) is 0 Å². The third-order valence-corrected chi connectivity index (χ3v) is 3.67. The number of carbonyl (C=O) groups is 1. The molecule has 0 aliphatic heterocycles. The van der Waals surface area contributed by atoms with Crippen LogP contribution in [-0.4, -0.2) is 28.9 Å². The molecular weight excluding hydrogens is 284 g/mol. The standard InChI is InChI=1S/C15H16N4O3/c20-14(18-8-10-3-4-10)9-17-12-5-6-13(19(21)22)11-2-1-7-16-15(11)12/h1-2,5-7,10,17H,3-4,8-9H2,(H,18,20). The first-order valence-electron chi connectivity index (χ1n) is 7.18. The number of carbonyl (C=O) groups excluding carboxylic acids is 1. The van der Waals surface area contributed by atoms with E-state index in [1.807, 2.05) is 0 Å². The number of non-ortho nitro benzene ring substituents is 1. The predicted molar refractivity (Wildman–Crippen MR) is 82.6 cm³/mol. The molecule has 1 heterocycles. The minimum atomic E-state index is -0.434. The summed E-state index contributed by atoms with van der Waals surface area (Å²) in [6.07, 6.45) is 3.94. The Morgan fingerprint density at radius 3 is 2.91 bits per heavy atom. The fraction of sp³-hybridized carbons (Fsp3) is 0.333. The molecule has 1 aliphatic carbocycles. The summed E-state index contributed by atoms with van der Waals surface area (Å²) in [7, 11) is 0. The van der Waals surface area contributed by atoms with Crippen LogP contribution in [0.5, 0.6) is 0 Å². The van der Waals surface area contributed by atoms with Gasteiger partial charge in [0.15, 0.2) is 0 Å². The Bertz CT molecular complexity index is 728. The van der Waals surface area contributed by atoms with Crippen molar-refractivity contribution in [1.82, 2.24) is 10.3 Å². The van der Waals surface area contributed by atoms with Gasteiger partial charge in [-0.05, 0) is 37.0 Å². The van der Waals surface area contributed by atoms with E-state index in [-0.39, 0.29) is 18.1 Å². The number of nitro benzene ring substituents is 1. The van der Waals surface area contributed by atoms with Crippen LogP contribution in [0.15, 0.2) is 30.5 Å². The van der Waals surface area contributed by atoms with Gasteiger partial charge in [0, 0.05) is 18.8 Å². The molecule has 0 spiro atoms. The summed E-state index contributed by atoms with van der Waals surface area (Å²) in [5.74, 6) is 0.542. The van der Waals surface area contributed by atoms with Crippen molar-refractivity contribution in [2.24, 2.45) is 5.92 Å². The number of nitro groups is 1. The largest absolute Gasteiger partial charge is 0.374 e. The van der Waals surface area contributed by atoms with Crippen molar-refractivity contribution < 1.29 is 9.72 Å². The van der Waals surface area contributed by atoms with Crippen LogP contribution in [0.3, 0.4) is 0 Å². The average Bonchev–Trinajstić information content (AvgIpc) is 3.34. The lowest BCUT2D eigenvalue weighted by molar-refractivity contribution is -0.383. The normalized spacial score (nSPS) is 13.8. The van der Waals surface area contributed by atoms with E-state index in [4.69, 9.17) is 0 Å². The van der Waals surface area contributed by atoms with Gasteiger partial charge in [-0.1, -0.05) is 0 Å². The van der Waals surface area contributed by atoms with Gasteiger partial charge in [0.05, 0.1) is 22.5 Å². The molecule has 1 fully saturated rings. The van der Waals surface area contributed by atoms with Crippen molar-refractivity contribution in [2.75, 3.05) is 18.4 Å². The third-order valence-electron chi connectivity index (χ3n) is 3.67. The second kappa shape index (κ2) is 5.97. The highest BCUT2D eigenvalue weighted by Crippen LogP contribution is 2.29. The molecule has 22 heavy (non-hydrogen) atoms. The number of hydrogen-bond acceptors (Lipinski definition) is 5. The Morgan fingerprint density at radius 1 is 1.36 bits per heavy atom. The summed E-state index contributed by atoms with van der Waals surface area (Å²) >= 11 is 0. The number of nitrogens with one attached hydrogen (secondary N) is 2. The van der Waals surface area contributed by atoms with Gasteiger partial charge in [-0.25, -0.2) is 0 Å². The maximum Gasteiger partial charge on any atom is 0.278 e. The van der Waals surface area contributed by atoms with E-state index >= 15 is 0 Å². The van der Waals surface area contributed by atoms with E-state index in [0.29, 0.717) is 22.5 Å². The molecule has 1 saturated carbocycles. The first-order valence-corrected chi connectivity index (χ1v) is 7.18. The summed E-state index contributed by atoms with van der Waals surface area (Å²) < 4.78 is 0. The van der Waals surface area contributed by atoms with Gasteiger partial charge >= 0.3 is 0 Å². The second-order valence-corrected chi connectivity index (χ2v) is 5.39. The van der Waals surface area contributed by atoms with Crippen molar-refractivity contribution in [3.63, 3.8) is 0 Å². The van der Waals surface area contributed by atoms with Crippen molar-refractivity contribution >= 4 is 28.2 Å². The minimum Gasteiger partial charge on any atom is -0.374 e. The molecule has 1 aromatic heterocycles. The highest BCUT2D eigenvalue weighted by molar-refractivity contribution is 5.97. The summed E-state index contributed by atoms with van der Waals surface area (Å²) in [6, 6.07) is 6.32. The average molecular weight is 300 g/mol. The quantitative estimate of drug-likeness (QED) is 0.629. The molecular formula is C15H16N4O3. The molecule has 0 unspecified atom stereocenters. The number of rotatable bonds is 6. The zero-order valence-corrected chi connectivity index (χ0v) is 11.9. The first kappa shape index (κ1) is 14.2. The lowest BCUT2D eigenvalue weighted by atomic mass is 10.1. The number of nitrogens with zero attached hydrogens (tertiary/aromatic N) is 2. The van der Waals surface area contributed by atoms with Gasteiger partial charge in [0.1, 0.15) is 5.52 Å². The summed E-state index contributed by atoms with van der Waals surface area (Å²) in [6.45, 7) is 0.843. The number of pyridine rings is 1.